The number of benzene rings is 2. The van der Waals surface area contributed by atoms with Gasteiger partial charge in [0.2, 0.25) is 0 Å². The SMILES string of the molecule is CC(C)Cc1cccc(-c2ccc(C#N)cc2)c1. The van der Waals surface area contributed by atoms with E-state index in [0.717, 1.165) is 6.42 Å². The number of hydrogen-bond acceptors (Lipinski definition) is 1. The summed E-state index contributed by atoms with van der Waals surface area (Å²) in [6, 6.07) is 18.5. The van der Waals surface area contributed by atoms with E-state index >= 15 is 0 Å². The molecule has 18 heavy (non-hydrogen) atoms. The largest absolute Gasteiger partial charge is 0.192 e. The van der Waals surface area contributed by atoms with Gasteiger partial charge in [0.1, 0.15) is 0 Å². The van der Waals surface area contributed by atoms with Gasteiger partial charge in [-0.15, -0.1) is 0 Å². The third-order valence-corrected chi connectivity index (χ3v) is 2.92. The topological polar surface area (TPSA) is 23.8 Å². The van der Waals surface area contributed by atoms with Crippen LogP contribution in [0.25, 0.3) is 11.1 Å². The van der Waals surface area contributed by atoms with Crippen molar-refractivity contribution in [3.05, 3.63) is 59.7 Å². The van der Waals surface area contributed by atoms with Crippen molar-refractivity contribution in [3.8, 4) is 17.2 Å². The summed E-state index contributed by atoms with van der Waals surface area (Å²) < 4.78 is 0. The Balaban J connectivity index is 2.29. The molecule has 1 nitrogen and oxygen atoms in total. The fourth-order valence-corrected chi connectivity index (χ4v) is 2.09. The van der Waals surface area contributed by atoms with Gasteiger partial charge in [-0.3, -0.25) is 0 Å². The third-order valence-electron chi connectivity index (χ3n) is 2.92. The van der Waals surface area contributed by atoms with Crippen LogP contribution in [0, 0.1) is 17.2 Å². The minimum absolute atomic E-state index is 0.668. The van der Waals surface area contributed by atoms with Gasteiger partial charge in [-0.25, -0.2) is 0 Å². The molecule has 0 aromatic heterocycles. The molecule has 0 amide bonds. The van der Waals surface area contributed by atoms with E-state index in [1.165, 1.54) is 16.7 Å². The molecule has 0 unspecified atom stereocenters. The molecule has 0 spiro atoms. The maximum atomic E-state index is 8.79. The van der Waals surface area contributed by atoms with Crippen LogP contribution in [0.15, 0.2) is 48.5 Å². The molecule has 0 heterocycles. The van der Waals surface area contributed by atoms with Crippen LogP contribution >= 0.6 is 0 Å². The monoisotopic (exact) mass is 235 g/mol. The van der Waals surface area contributed by atoms with Crippen LogP contribution < -0.4 is 0 Å². The average Bonchev–Trinajstić information content (AvgIpc) is 2.38. The van der Waals surface area contributed by atoms with Crippen molar-refractivity contribution in [2.24, 2.45) is 5.92 Å². The van der Waals surface area contributed by atoms with E-state index in [9.17, 15) is 0 Å². The summed E-state index contributed by atoms with van der Waals surface area (Å²) in [7, 11) is 0. The molecule has 90 valence electrons. The van der Waals surface area contributed by atoms with E-state index in [-0.39, 0.29) is 0 Å². The zero-order valence-electron chi connectivity index (χ0n) is 10.9. The predicted molar refractivity (Wildman–Crippen MR) is 75.1 cm³/mol. The second-order valence-corrected chi connectivity index (χ2v) is 4.99. The quantitative estimate of drug-likeness (QED) is 0.772. The van der Waals surface area contributed by atoms with Gasteiger partial charge in [-0.05, 0) is 41.2 Å². The molecule has 0 saturated heterocycles. The number of nitriles is 1. The van der Waals surface area contributed by atoms with Crippen LogP contribution in [0.1, 0.15) is 25.0 Å². The summed E-state index contributed by atoms with van der Waals surface area (Å²) in [6.07, 6.45) is 1.10. The lowest BCUT2D eigenvalue weighted by atomic mass is 9.97. The van der Waals surface area contributed by atoms with Crippen LogP contribution in [0.2, 0.25) is 0 Å². The Morgan fingerprint density at radius 2 is 1.72 bits per heavy atom. The Morgan fingerprint density at radius 1 is 1.00 bits per heavy atom. The second-order valence-electron chi connectivity index (χ2n) is 4.99. The summed E-state index contributed by atoms with van der Waals surface area (Å²) in [5.41, 5.74) is 4.46. The fourth-order valence-electron chi connectivity index (χ4n) is 2.09. The van der Waals surface area contributed by atoms with Crippen molar-refractivity contribution in [2.75, 3.05) is 0 Å². The average molecular weight is 235 g/mol. The van der Waals surface area contributed by atoms with E-state index in [2.05, 4.69) is 44.2 Å². The lowest BCUT2D eigenvalue weighted by Crippen LogP contribution is -1.93. The van der Waals surface area contributed by atoms with Crippen LogP contribution in [-0.4, -0.2) is 0 Å². The van der Waals surface area contributed by atoms with Crippen LogP contribution in [0.3, 0.4) is 0 Å². The van der Waals surface area contributed by atoms with Crippen molar-refractivity contribution in [1.29, 1.82) is 5.26 Å². The predicted octanol–water partition coefficient (Wildman–Crippen LogP) is 4.42. The summed E-state index contributed by atoms with van der Waals surface area (Å²) in [5.74, 6) is 0.668. The lowest BCUT2D eigenvalue weighted by Gasteiger charge is -2.07. The molecule has 1 heteroatoms. The fraction of sp³-hybridized carbons (Fsp3) is 0.235. The smallest absolute Gasteiger partial charge is 0.0991 e. The molecule has 0 bridgehead atoms. The minimum atomic E-state index is 0.668. The molecule has 0 N–H and O–H groups in total. The molecule has 0 radical (unpaired) electrons. The maximum absolute atomic E-state index is 8.79. The number of hydrogen-bond donors (Lipinski definition) is 0. The van der Waals surface area contributed by atoms with Crippen LogP contribution in [0.5, 0.6) is 0 Å². The molecule has 0 aliphatic carbocycles. The molecule has 2 aromatic rings. The third kappa shape index (κ3) is 2.99. The summed E-state index contributed by atoms with van der Waals surface area (Å²) in [4.78, 5) is 0. The lowest BCUT2D eigenvalue weighted by molar-refractivity contribution is 0.647. The first-order valence-electron chi connectivity index (χ1n) is 6.28. The zero-order valence-corrected chi connectivity index (χ0v) is 10.9. The summed E-state index contributed by atoms with van der Waals surface area (Å²) in [5, 5.41) is 8.79. The first-order valence-corrected chi connectivity index (χ1v) is 6.28. The van der Waals surface area contributed by atoms with Gasteiger partial charge >= 0.3 is 0 Å². The maximum Gasteiger partial charge on any atom is 0.0991 e. The van der Waals surface area contributed by atoms with Gasteiger partial charge in [0.15, 0.2) is 0 Å². The molecule has 0 aliphatic rings. The second kappa shape index (κ2) is 5.51. The summed E-state index contributed by atoms with van der Waals surface area (Å²) >= 11 is 0. The minimum Gasteiger partial charge on any atom is -0.192 e. The van der Waals surface area contributed by atoms with Crippen molar-refractivity contribution in [1.82, 2.24) is 0 Å². The molecular weight excluding hydrogens is 218 g/mol. The van der Waals surface area contributed by atoms with E-state index in [1.54, 1.807) is 0 Å². The van der Waals surface area contributed by atoms with Gasteiger partial charge < -0.3 is 0 Å². The van der Waals surface area contributed by atoms with Gasteiger partial charge in [0, 0.05) is 0 Å². The Hall–Kier alpha value is -2.07. The highest BCUT2D eigenvalue weighted by molar-refractivity contribution is 5.65. The summed E-state index contributed by atoms with van der Waals surface area (Å²) in [6.45, 7) is 4.46. The van der Waals surface area contributed by atoms with Gasteiger partial charge in [-0.1, -0.05) is 50.2 Å². The highest BCUT2D eigenvalue weighted by Gasteiger charge is 2.01. The number of rotatable bonds is 3. The van der Waals surface area contributed by atoms with Gasteiger partial charge in [0.05, 0.1) is 11.6 Å². The Morgan fingerprint density at radius 3 is 2.33 bits per heavy atom. The van der Waals surface area contributed by atoms with Gasteiger partial charge in [0.25, 0.3) is 0 Å². The van der Waals surface area contributed by atoms with Crippen molar-refractivity contribution < 1.29 is 0 Å². The van der Waals surface area contributed by atoms with Crippen LogP contribution in [0.4, 0.5) is 0 Å². The van der Waals surface area contributed by atoms with Crippen molar-refractivity contribution in [3.63, 3.8) is 0 Å². The van der Waals surface area contributed by atoms with Gasteiger partial charge in [-0.2, -0.15) is 5.26 Å². The molecule has 0 fully saturated rings. The van der Waals surface area contributed by atoms with E-state index in [0.29, 0.717) is 11.5 Å². The molecular formula is C17H17N. The van der Waals surface area contributed by atoms with E-state index < -0.39 is 0 Å². The molecule has 0 saturated carbocycles. The van der Waals surface area contributed by atoms with Crippen molar-refractivity contribution in [2.45, 2.75) is 20.3 Å². The molecule has 2 rings (SSSR count). The Labute approximate surface area is 109 Å². The van der Waals surface area contributed by atoms with E-state index in [1.807, 2.05) is 24.3 Å². The number of nitrogens with zero attached hydrogens (tertiary/aromatic N) is 1. The standard InChI is InChI=1S/C17H17N/c1-13(2)10-15-4-3-5-17(11-15)16-8-6-14(12-18)7-9-16/h3-9,11,13H,10H2,1-2H3. The normalized spacial score (nSPS) is 10.3. The Kier molecular flexibility index (Phi) is 3.79. The molecule has 2 aromatic carbocycles. The highest BCUT2D eigenvalue weighted by Crippen LogP contribution is 2.22. The molecule has 0 atom stereocenters. The first-order chi connectivity index (χ1) is 8.69. The zero-order chi connectivity index (χ0) is 13.0. The van der Waals surface area contributed by atoms with Crippen molar-refractivity contribution >= 4 is 0 Å². The van der Waals surface area contributed by atoms with Crippen LogP contribution in [-0.2, 0) is 6.42 Å². The molecule has 0 aliphatic heterocycles. The highest BCUT2D eigenvalue weighted by atomic mass is 14.2. The van der Waals surface area contributed by atoms with E-state index in [4.69, 9.17) is 5.26 Å². The first kappa shape index (κ1) is 12.4. The Bertz CT molecular complexity index is 559.